The maximum Gasteiger partial charge on any atom is 0.428 e. The van der Waals surface area contributed by atoms with Crippen molar-refractivity contribution in [3.63, 3.8) is 0 Å². The van der Waals surface area contributed by atoms with Gasteiger partial charge in [0, 0.05) is 5.56 Å². The molecule has 18 heavy (non-hydrogen) atoms. The fourth-order valence-corrected chi connectivity index (χ4v) is 1.20. The second-order valence-electron chi connectivity index (χ2n) is 4.98. The number of hydrazone groups is 1. The first-order valence-corrected chi connectivity index (χ1v) is 5.67. The van der Waals surface area contributed by atoms with Crippen LogP contribution in [0, 0.1) is 6.92 Å². The monoisotopic (exact) mass is 249 g/mol. The van der Waals surface area contributed by atoms with Crippen LogP contribution in [0.2, 0.25) is 0 Å². The van der Waals surface area contributed by atoms with Crippen molar-refractivity contribution in [2.24, 2.45) is 10.8 Å². The van der Waals surface area contributed by atoms with Gasteiger partial charge in [-0.3, -0.25) is 0 Å². The summed E-state index contributed by atoms with van der Waals surface area (Å²) < 4.78 is 5.03. The van der Waals surface area contributed by atoms with E-state index in [1.807, 2.05) is 31.2 Å². The minimum absolute atomic E-state index is 0.237. The number of nitrogens with zero attached hydrogens (tertiary/aromatic N) is 1. The summed E-state index contributed by atoms with van der Waals surface area (Å²) in [6.07, 6.45) is -0.627. The maximum atomic E-state index is 11.4. The number of rotatable bonds is 2. The molecule has 0 saturated heterocycles. The number of amidine groups is 1. The van der Waals surface area contributed by atoms with Gasteiger partial charge in [0.1, 0.15) is 5.60 Å². The van der Waals surface area contributed by atoms with Crippen LogP contribution in [0.25, 0.3) is 0 Å². The van der Waals surface area contributed by atoms with E-state index in [-0.39, 0.29) is 5.84 Å². The van der Waals surface area contributed by atoms with Crippen LogP contribution < -0.4 is 11.2 Å². The predicted octanol–water partition coefficient (Wildman–Crippen LogP) is 2.14. The van der Waals surface area contributed by atoms with Crippen molar-refractivity contribution in [3.05, 3.63) is 35.4 Å². The zero-order chi connectivity index (χ0) is 13.8. The van der Waals surface area contributed by atoms with Crippen molar-refractivity contribution >= 4 is 11.9 Å². The number of amides is 1. The summed E-state index contributed by atoms with van der Waals surface area (Å²) in [5, 5.41) is 3.78. The zero-order valence-corrected chi connectivity index (χ0v) is 11.2. The molecule has 0 saturated carbocycles. The van der Waals surface area contributed by atoms with Crippen molar-refractivity contribution in [1.29, 1.82) is 0 Å². The van der Waals surface area contributed by atoms with Crippen molar-refractivity contribution in [2.75, 3.05) is 0 Å². The molecule has 98 valence electrons. The Morgan fingerprint density at radius 3 is 2.33 bits per heavy atom. The lowest BCUT2D eigenvalue weighted by molar-refractivity contribution is 0.0529. The van der Waals surface area contributed by atoms with Crippen molar-refractivity contribution < 1.29 is 9.53 Å². The summed E-state index contributed by atoms with van der Waals surface area (Å²) in [6, 6.07) is 7.52. The van der Waals surface area contributed by atoms with E-state index in [0.29, 0.717) is 0 Å². The van der Waals surface area contributed by atoms with Gasteiger partial charge in [0.05, 0.1) is 0 Å². The van der Waals surface area contributed by atoms with Gasteiger partial charge < -0.3 is 10.5 Å². The smallest absolute Gasteiger partial charge is 0.428 e. The molecule has 3 N–H and O–H groups in total. The van der Waals surface area contributed by atoms with Gasteiger partial charge in [-0.1, -0.05) is 29.8 Å². The van der Waals surface area contributed by atoms with Crippen LogP contribution in [0.1, 0.15) is 31.9 Å². The van der Waals surface area contributed by atoms with E-state index < -0.39 is 11.7 Å². The van der Waals surface area contributed by atoms with E-state index in [1.54, 1.807) is 20.8 Å². The average Bonchev–Trinajstić information content (AvgIpc) is 2.24. The molecule has 0 aliphatic rings. The van der Waals surface area contributed by atoms with E-state index in [1.165, 1.54) is 0 Å². The molecule has 0 aromatic heterocycles. The average molecular weight is 249 g/mol. The standard InChI is InChI=1S/C13H19N3O2/c1-9-5-7-10(8-6-9)11(14)15-16-12(17)18-13(2,3)4/h5-8H,1-4H3,(H2,14,15)(H,16,17). The minimum Gasteiger partial charge on any atom is -0.443 e. The number of nitrogens with one attached hydrogen (secondary N) is 1. The number of benzene rings is 1. The van der Waals surface area contributed by atoms with Crippen molar-refractivity contribution in [2.45, 2.75) is 33.3 Å². The third kappa shape index (κ3) is 4.86. The van der Waals surface area contributed by atoms with Gasteiger partial charge in [0.25, 0.3) is 0 Å². The number of carbonyl (C=O) groups excluding carboxylic acids is 1. The largest absolute Gasteiger partial charge is 0.443 e. The van der Waals surface area contributed by atoms with Gasteiger partial charge in [0.2, 0.25) is 0 Å². The molecule has 0 atom stereocenters. The first-order chi connectivity index (χ1) is 8.28. The van der Waals surface area contributed by atoms with E-state index in [0.717, 1.165) is 11.1 Å². The topological polar surface area (TPSA) is 76.7 Å². The molecule has 0 radical (unpaired) electrons. The van der Waals surface area contributed by atoms with Gasteiger partial charge in [-0.15, -0.1) is 0 Å². The van der Waals surface area contributed by atoms with E-state index in [9.17, 15) is 4.79 Å². The summed E-state index contributed by atoms with van der Waals surface area (Å²) in [6.45, 7) is 7.31. The van der Waals surface area contributed by atoms with Crippen LogP contribution in [-0.2, 0) is 4.74 Å². The molecule has 1 rings (SSSR count). The first kappa shape index (κ1) is 14.0. The fourth-order valence-electron chi connectivity index (χ4n) is 1.20. The predicted molar refractivity (Wildman–Crippen MR) is 71.3 cm³/mol. The number of nitrogens with two attached hydrogens (primary N) is 1. The Hall–Kier alpha value is -2.04. The lowest BCUT2D eigenvalue weighted by Crippen LogP contribution is -2.31. The van der Waals surface area contributed by atoms with Crippen LogP contribution in [0.15, 0.2) is 29.4 Å². The molecule has 1 amide bonds. The Balaban J connectivity index is 2.62. The highest BCUT2D eigenvalue weighted by Crippen LogP contribution is 2.06. The van der Waals surface area contributed by atoms with Crippen LogP contribution in [-0.4, -0.2) is 17.5 Å². The Bertz CT molecular complexity index is 444. The highest BCUT2D eigenvalue weighted by Gasteiger charge is 2.15. The van der Waals surface area contributed by atoms with Crippen molar-refractivity contribution in [1.82, 2.24) is 5.43 Å². The minimum atomic E-state index is -0.627. The van der Waals surface area contributed by atoms with E-state index >= 15 is 0 Å². The third-order valence-electron chi connectivity index (χ3n) is 2.01. The third-order valence-corrected chi connectivity index (χ3v) is 2.01. The van der Waals surface area contributed by atoms with Crippen LogP contribution in [0.3, 0.4) is 0 Å². The summed E-state index contributed by atoms with van der Waals surface area (Å²) in [4.78, 5) is 11.4. The van der Waals surface area contributed by atoms with Crippen molar-refractivity contribution in [3.8, 4) is 0 Å². The van der Waals surface area contributed by atoms with E-state index in [4.69, 9.17) is 10.5 Å². The lowest BCUT2D eigenvalue weighted by atomic mass is 10.1. The molecular weight excluding hydrogens is 230 g/mol. The molecule has 1 aromatic carbocycles. The Morgan fingerprint density at radius 2 is 1.83 bits per heavy atom. The van der Waals surface area contributed by atoms with Gasteiger partial charge in [-0.05, 0) is 27.7 Å². The van der Waals surface area contributed by atoms with Crippen LogP contribution in [0.5, 0.6) is 0 Å². The van der Waals surface area contributed by atoms with E-state index in [2.05, 4.69) is 10.5 Å². The Morgan fingerprint density at radius 1 is 1.28 bits per heavy atom. The lowest BCUT2D eigenvalue weighted by Gasteiger charge is -2.18. The Kier molecular flexibility index (Phi) is 4.31. The molecule has 5 nitrogen and oxygen atoms in total. The molecular formula is C13H19N3O2. The summed E-state index contributed by atoms with van der Waals surface area (Å²) in [5.74, 6) is 0.237. The molecule has 0 aliphatic heterocycles. The molecule has 5 heteroatoms. The molecule has 0 fully saturated rings. The second kappa shape index (κ2) is 5.53. The number of aryl methyl sites for hydroxylation is 1. The van der Waals surface area contributed by atoms with Gasteiger partial charge in [-0.25, -0.2) is 10.2 Å². The highest BCUT2D eigenvalue weighted by molar-refractivity contribution is 5.97. The normalized spacial score (nSPS) is 12.1. The molecule has 0 unspecified atom stereocenters. The molecule has 0 aliphatic carbocycles. The first-order valence-electron chi connectivity index (χ1n) is 5.67. The van der Waals surface area contributed by atoms with Gasteiger partial charge in [-0.2, -0.15) is 5.10 Å². The summed E-state index contributed by atoms with van der Waals surface area (Å²) in [5.41, 5.74) is 9.31. The number of hydrogen-bond acceptors (Lipinski definition) is 3. The number of ether oxygens (including phenoxy) is 1. The summed E-state index contributed by atoms with van der Waals surface area (Å²) >= 11 is 0. The summed E-state index contributed by atoms with van der Waals surface area (Å²) in [7, 11) is 0. The van der Waals surface area contributed by atoms with Crippen LogP contribution in [0.4, 0.5) is 4.79 Å². The maximum absolute atomic E-state index is 11.4. The molecule has 1 aromatic rings. The van der Waals surface area contributed by atoms with Gasteiger partial charge >= 0.3 is 6.09 Å². The SMILES string of the molecule is Cc1ccc(/C(N)=N\NC(=O)OC(C)(C)C)cc1. The Labute approximate surface area is 107 Å². The second-order valence-corrected chi connectivity index (χ2v) is 4.98. The zero-order valence-electron chi connectivity index (χ0n) is 11.2. The van der Waals surface area contributed by atoms with Gasteiger partial charge in [0.15, 0.2) is 5.84 Å². The molecule has 0 bridgehead atoms. The highest BCUT2D eigenvalue weighted by atomic mass is 16.6. The number of carbonyl (C=O) groups is 1. The molecule has 0 heterocycles. The quantitative estimate of drug-likeness (QED) is 0.479. The van der Waals surface area contributed by atoms with Crippen LogP contribution >= 0.6 is 0 Å². The number of hydrogen-bond donors (Lipinski definition) is 2. The molecule has 0 spiro atoms. The fraction of sp³-hybridized carbons (Fsp3) is 0.385.